The number of hydrogen-bond acceptors (Lipinski definition) is 5. The number of carbonyl (C=O) groups excluding carboxylic acids is 1. The summed E-state index contributed by atoms with van der Waals surface area (Å²) in [4.78, 5) is 18.0. The molecule has 0 fully saturated rings. The molecule has 1 unspecified atom stereocenters. The summed E-state index contributed by atoms with van der Waals surface area (Å²) in [6, 6.07) is 3.14. The van der Waals surface area contributed by atoms with E-state index in [0.717, 1.165) is 0 Å². The second kappa shape index (κ2) is 7.40. The average molecular weight is 313 g/mol. The van der Waals surface area contributed by atoms with E-state index < -0.39 is 9.84 Å². The third-order valence-electron chi connectivity index (χ3n) is 3.00. The SMILES string of the molecule is CCN(CC)C(=O)c1cc(NC(C)CS(C)(=O)=O)ccn1. The third-order valence-corrected chi connectivity index (χ3v) is 4.10. The Morgan fingerprint density at radius 2 is 2.00 bits per heavy atom. The number of amides is 1. The molecular weight excluding hydrogens is 290 g/mol. The van der Waals surface area contributed by atoms with Gasteiger partial charge in [0.05, 0.1) is 5.75 Å². The fourth-order valence-corrected chi connectivity index (χ4v) is 3.08. The van der Waals surface area contributed by atoms with E-state index in [2.05, 4.69) is 10.3 Å². The second-order valence-electron chi connectivity index (χ2n) is 5.05. The predicted octanol–water partition coefficient (Wildman–Crippen LogP) is 1.41. The zero-order valence-electron chi connectivity index (χ0n) is 13.0. The molecule has 1 amide bonds. The molecule has 21 heavy (non-hydrogen) atoms. The van der Waals surface area contributed by atoms with E-state index in [-0.39, 0.29) is 17.7 Å². The maximum absolute atomic E-state index is 12.2. The minimum atomic E-state index is -3.04. The van der Waals surface area contributed by atoms with Crippen molar-refractivity contribution in [2.24, 2.45) is 0 Å². The number of aromatic nitrogens is 1. The molecule has 1 aromatic rings. The van der Waals surface area contributed by atoms with Crippen LogP contribution in [0.5, 0.6) is 0 Å². The highest BCUT2D eigenvalue weighted by Gasteiger charge is 2.15. The summed E-state index contributed by atoms with van der Waals surface area (Å²) in [7, 11) is -3.04. The van der Waals surface area contributed by atoms with E-state index in [4.69, 9.17) is 0 Å². The van der Waals surface area contributed by atoms with Crippen LogP contribution in [-0.2, 0) is 9.84 Å². The van der Waals surface area contributed by atoms with E-state index >= 15 is 0 Å². The summed E-state index contributed by atoms with van der Waals surface area (Å²) < 4.78 is 22.5. The van der Waals surface area contributed by atoms with Gasteiger partial charge in [0.2, 0.25) is 0 Å². The lowest BCUT2D eigenvalue weighted by atomic mass is 10.2. The summed E-state index contributed by atoms with van der Waals surface area (Å²) in [5.74, 6) is -0.0892. The maximum atomic E-state index is 12.2. The third kappa shape index (κ3) is 5.71. The summed E-state index contributed by atoms with van der Waals surface area (Å²) >= 11 is 0. The van der Waals surface area contributed by atoms with Gasteiger partial charge in [-0.25, -0.2) is 8.42 Å². The van der Waals surface area contributed by atoms with Crippen molar-refractivity contribution in [2.75, 3.05) is 30.4 Å². The number of rotatable bonds is 7. The molecule has 1 rings (SSSR count). The number of pyridine rings is 1. The molecule has 6 nitrogen and oxygen atoms in total. The van der Waals surface area contributed by atoms with E-state index in [0.29, 0.717) is 24.5 Å². The van der Waals surface area contributed by atoms with Crippen molar-refractivity contribution in [2.45, 2.75) is 26.8 Å². The van der Waals surface area contributed by atoms with Gasteiger partial charge in [0, 0.05) is 37.3 Å². The lowest BCUT2D eigenvalue weighted by Crippen LogP contribution is -2.31. The normalized spacial score (nSPS) is 12.8. The number of nitrogens with one attached hydrogen (secondary N) is 1. The van der Waals surface area contributed by atoms with Gasteiger partial charge in [0.15, 0.2) is 0 Å². The van der Waals surface area contributed by atoms with Gasteiger partial charge in [-0.3, -0.25) is 9.78 Å². The number of sulfone groups is 1. The van der Waals surface area contributed by atoms with Crippen LogP contribution in [0.3, 0.4) is 0 Å². The smallest absolute Gasteiger partial charge is 0.272 e. The summed E-state index contributed by atoms with van der Waals surface area (Å²) in [6.07, 6.45) is 2.75. The first-order chi connectivity index (χ1) is 9.76. The highest BCUT2D eigenvalue weighted by atomic mass is 32.2. The quantitative estimate of drug-likeness (QED) is 0.823. The van der Waals surface area contributed by atoms with Gasteiger partial charge in [0.1, 0.15) is 15.5 Å². The molecule has 1 aromatic heterocycles. The number of anilines is 1. The molecular formula is C14H23N3O3S. The molecule has 1 N–H and O–H groups in total. The first-order valence-electron chi connectivity index (χ1n) is 6.96. The van der Waals surface area contributed by atoms with Crippen LogP contribution in [0, 0.1) is 0 Å². The Kier molecular flexibility index (Phi) is 6.14. The van der Waals surface area contributed by atoms with E-state index in [9.17, 15) is 13.2 Å². The first-order valence-corrected chi connectivity index (χ1v) is 9.02. The molecule has 1 heterocycles. The number of hydrogen-bond donors (Lipinski definition) is 1. The van der Waals surface area contributed by atoms with Gasteiger partial charge < -0.3 is 10.2 Å². The lowest BCUT2D eigenvalue weighted by molar-refractivity contribution is 0.0767. The maximum Gasteiger partial charge on any atom is 0.272 e. The Hall–Kier alpha value is -1.63. The van der Waals surface area contributed by atoms with Gasteiger partial charge >= 0.3 is 0 Å². The average Bonchev–Trinajstić information content (AvgIpc) is 2.38. The standard InChI is InChI=1S/C14H23N3O3S/c1-5-17(6-2)14(18)13-9-12(7-8-15-13)16-11(3)10-21(4,19)20/h7-9,11H,5-6,10H2,1-4H3,(H,15,16). The molecule has 0 radical (unpaired) electrons. The molecule has 0 aliphatic rings. The topological polar surface area (TPSA) is 79.4 Å². The molecule has 0 saturated carbocycles. The van der Waals surface area contributed by atoms with Crippen LogP contribution < -0.4 is 5.32 Å². The van der Waals surface area contributed by atoms with Crippen molar-refractivity contribution in [1.82, 2.24) is 9.88 Å². The fourth-order valence-electron chi connectivity index (χ4n) is 2.09. The molecule has 0 aliphatic heterocycles. The zero-order chi connectivity index (χ0) is 16.0. The molecule has 118 valence electrons. The highest BCUT2D eigenvalue weighted by molar-refractivity contribution is 7.90. The van der Waals surface area contributed by atoms with Gasteiger partial charge in [-0.2, -0.15) is 0 Å². The van der Waals surface area contributed by atoms with Crippen LogP contribution in [0.25, 0.3) is 0 Å². The van der Waals surface area contributed by atoms with E-state index in [1.807, 2.05) is 13.8 Å². The first kappa shape index (κ1) is 17.4. The van der Waals surface area contributed by atoms with Crippen molar-refractivity contribution in [3.63, 3.8) is 0 Å². The number of nitrogens with zero attached hydrogens (tertiary/aromatic N) is 2. The summed E-state index contributed by atoms with van der Waals surface area (Å²) in [5, 5.41) is 3.08. The molecule has 0 bridgehead atoms. The van der Waals surface area contributed by atoms with Gasteiger partial charge in [-0.05, 0) is 32.9 Å². The molecule has 0 aromatic carbocycles. The Morgan fingerprint density at radius 1 is 1.38 bits per heavy atom. The largest absolute Gasteiger partial charge is 0.381 e. The minimum absolute atomic E-state index is 0.0364. The predicted molar refractivity (Wildman–Crippen MR) is 84.3 cm³/mol. The fraction of sp³-hybridized carbons (Fsp3) is 0.571. The van der Waals surface area contributed by atoms with Crippen LogP contribution in [0.1, 0.15) is 31.3 Å². The van der Waals surface area contributed by atoms with Crippen LogP contribution >= 0.6 is 0 Å². The van der Waals surface area contributed by atoms with Crippen LogP contribution in [0.4, 0.5) is 5.69 Å². The Bertz CT molecular complexity index is 583. The Balaban J connectivity index is 2.83. The second-order valence-corrected chi connectivity index (χ2v) is 7.23. The monoisotopic (exact) mass is 313 g/mol. The van der Waals surface area contributed by atoms with Crippen molar-refractivity contribution in [3.05, 3.63) is 24.0 Å². The van der Waals surface area contributed by atoms with E-state index in [1.54, 1.807) is 30.2 Å². The summed E-state index contributed by atoms with van der Waals surface area (Å²) in [6.45, 7) is 6.86. The van der Waals surface area contributed by atoms with Crippen molar-refractivity contribution < 1.29 is 13.2 Å². The Morgan fingerprint density at radius 3 is 2.52 bits per heavy atom. The highest BCUT2D eigenvalue weighted by Crippen LogP contribution is 2.12. The van der Waals surface area contributed by atoms with Gasteiger partial charge in [-0.1, -0.05) is 0 Å². The zero-order valence-corrected chi connectivity index (χ0v) is 13.8. The minimum Gasteiger partial charge on any atom is -0.381 e. The summed E-state index contributed by atoms with van der Waals surface area (Å²) in [5.41, 5.74) is 1.05. The van der Waals surface area contributed by atoms with Crippen LogP contribution in [-0.4, -0.2) is 55.3 Å². The number of carbonyl (C=O) groups is 1. The lowest BCUT2D eigenvalue weighted by Gasteiger charge is -2.19. The van der Waals surface area contributed by atoms with Crippen molar-refractivity contribution >= 4 is 21.4 Å². The molecule has 1 atom stereocenters. The molecule has 7 heteroatoms. The van der Waals surface area contributed by atoms with Gasteiger partial charge in [-0.15, -0.1) is 0 Å². The van der Waals surface area contributed by atoms with Crippen LogP contribution in [0.2, 0.25) is 0 Å². The van der Waals surface area contributed by atoms with Gasteiger partial charge in [0.25, 0.3) is 5.91 Å². The molecule has 0 aliphatic carbocycles. The molecule has 0 saturated heterocycles. The van der Waals surface area contributed by atoms with Crippen LogP contribution in [0.15, 0.2) is 18.3 Å². The van der Waals surface area contributed by atoms with E-state index in [1.165, 1.54) is 6.26 Å². The molecule has 0 spiro atoms. The van der Waals surface area contributed by atoms with Crippen molar-refractivity contribution in [1.29, 1.82) is 0 Å². The Labute approximate surface area is 126 Å². The van der Waals surface area contributed by atoms with Crippen molar-refractivity contribution in [3.8, 4) is 0 Å².